The predicted octanol–water partition coefficient (Wildman–Crippen LogP) is 3.05. The van der Waals surface area contributed by atoms with Crippen LogP contribution in [-0.2, 0) is 0 Å². The molecule has 0 unspecified atom stereocenters. The van der Waals surface area contributed by atoms with Crippen LogP contribution in [0.2, 0.25) is 0 Å². The minimum Gasteiger partial charge on any atom is -0.267 e. The lowest BCUT2D eigenvalue weighted by Crippen LogP contribution is -2.42. The van der Waals surface area contributed by atoms with Crippen molar-refractivity contribution in [3.8, 4) is 10.6 Å². The number of carbonyl (C=O) groups is 2. The van der Waals surface area contributed by atoms with E-state index in [9.17, 15) is 14.4 Å². The average molecular weight is 474 g/mol. The molecular formula is C23H19N7O3S. The number of pyridine rings is 1. The number of nitrogens with zero attached hydrogens (tertiary/aromatic N) is 4. The van der Waals surface area contributed by atoms with Crippen molar-refractivity contribution in [1.82, 2.24) is 35.8 Å². The summed E-state index contributed by atoms with van der Waals surface area (Å²) >= 11 is 1.51. The van der Waals surface area contributed by atoms with Crippen molar-refractivity contribution >= 4 is 45.0 Å². The van der Waals surface area contributed by atoms with Gasteiger partial charge in [-0.15, -0.1) is 11.3 Å². The highest BCUT2D eigenvalue weighted by Gasteiger charge is 2.20. The van der Waals surface area contributed by atoms with Crippen molar-refractivity contribution in [2.24, 2.45) is 0 Å². The molecule has 0 fully saturated rings. The Hall–Kier alpha value is -4.38. The second kappa shape index (κ2) is 8.52. The molecule has 0 saturated carbocycles. The second-order valence-corrected chi connectivity index (χ2v) is 8.76. The van der Waals surface area contributed by atoms with Crippen molar-refractivity contribution in [3.63, 3.8) is 0 Å². The predicted molar refractivity (Wildman–Crippen MR) is 129 cm³/mol. The summed E-state index contributed by atoms with van der Waals surface area (Å²) in [7, 11) is 0. The summed E-state index contributed by atoms with van der Waals surface area (Å²) in [5.74, 6) is -1.20. The lowest BCUT2D eigenvalue weighted by atomic mass is 10.1. The maximum absolute atomic E-state index is 13.1. The van der Waals surface area contributed by atoms with Crippen LogP contribution in [0, 0.1) is 0 Å². The van der Waals surface area contributed by atoms with E-state index in [1.807, 2.05) is 31.4 Å². The van der Waals surface area contributed by atoms with Gasteiger partial charge < -0.3 is 0 Å². The number of carbonyl (C=O) groups excluding carboxylic acids is 2. The molecule has 5 rings (SSSR count). The molecule has 4 heterocycles. The number of thiophene rings is 1. The second-order valence-electron chi connectivity index (χ2n) is 7.81. The molecule has 0 aliphatic carbocycles. The molecule has 5 aromatic rings. The van der Waals surface area contributed by atoms with Crippen molar-refractivity contribution < 1.29 is 9.59 Å². The molecule has 34 heavy (non-hydrogen) atoms. The Balaban J connectivity index is 1.48. The van der Waals surface area contributed by atoms with E-state index in [-0.39, 0.29) is 11.7 Å². The first-order valence-electron chi connectivity index (χ1n) is 10.4. The van der Waals surface area contributed by atoms with Crippen LogP contribution in [-0.4, -0.2) is 36.8 Å². The lowest BCUT2D eigenvalue weighted by Gasteiger charge is -2.11. The molecule has 11 heteroatoms. The Morgan fingerprint density at radius 3 is 2.53 bits per heavy atom. The number of aromatic nitrogens is 5. The van der Waals surface area contributed by atoms with E-state index < -0.39 is 17.4 Å². The van der Waals surface area contributed by atoms with Crippen LogP contribution in [0.25, 0.3) is 32.4 Å². The first kappa shape index (κ1) is 21.5. The summed E-state index contributed by atoms with van der Waals surface area (Å²) < 4.78 is 1.75. The lowest BCUT2D eigenvalue weighted by molar-refractivity contribution is 0.0845. The third-order valence-electron chi connectivity index (χ3n) is 5.27. The number of nitrogens with one attached hydrogen (secondary N) is 3. The summed E-state index contributed by atoms with van der Waals surface area (Å²) in [6.45, 7) is 3.96. The molecule has 2 amide bonds. The summed E-state index contributed by atoms with van der Waals surface area (Å²) in [5, 5.41) is 13.8. The highest BCUT2D eigenvalue weighted by molar-refractivity contribution is 7.13. The van der Waals surface area contributed by atoms with Crippen molar-refractivity contribution in [3.05, 3.63) is 75.7 Å². The SMILES string of the molecule is CC(C)n1ncc2c(C(=O)NNC(=O)c3n[nH]c(=O)c4ccccc34)cc(-c3cccs3)nc21. The fraction of sp³-hybridized carbons (Fsp3) is 0.130. The normalized spacial score (nSPS) is 11.3. The van der Waals surface area contributed by atoms with E-state index in [2.05, 4.69) is 26.1 Å². The maximum Gasteiger partial charge on any atom is 0.290 e. The summed E-state index contributed by atoms with van der Waals surface area (Å²) in [4.78, 5) is 43.5. The molecule has 0 spiro atoms. The minimum absolute atomic E-state index is 0.0118. The third-order valence-corrected chi connectivity index (χ3v) is 6.17. The molecule has 170 valence electrons. The number of aromatic amines is 1. The van der Waals surface area contributed by atoms with E-state index in [0.717, 1.165) is 4.88 Å². The van der Waals surface area contributed by atoms with Gasteiger partial charge in [0.2, 0.25) is 0 Å². The number of benzene rings is 1. The van der Waals surface area contributed by atoms with Gasteiger partial charge in [0, 0.05) is 11.4 Å². The summed E-state index contributed by atoms with van der Waals surface area (Å²) in [5.41, 5.74) is 5.95. The summed E-state index contributed by atoms with van der Waals surface area (Å²) in [6, 6.07) is 12.2. The van der Waals surface area contributed by atoms with Gasteiger partial charge in [0.25, 0.3) is 17.4 Å². The number of hydrogen-bond donors (Lipinski definition) is 3. The molecule has 0 saturated heterocycles. The van der Waals surface area contributed by atoms with E-state index >= 15 is 0 Å². The van der Waals surface area contributed by atoms with Crippen LogP contribution in [0.15, 0.2) is 58.8 Å². The molecule has 0 aliphatic heterocycles. The first-order chi connectivity index (χ1) is 16.4. The number of hydrogen-bond acceptors (Lipinski definition) is 7. The van der Waals surface area contributed by atoms with Crippen LogP contribution in [0.3, 0.4) is 0 Å². The monoisotopic (exact) mass is 473 g/mol. The van der Waals surface area contributed by atoms with Crippen molar-refractivity contribution in [2.75, 3.05) is 0 Å². The number of amides is 2. The van der Waals surface area contributed by atoms with Gasteiger partial charge in [0.05, 0.1) is 33.1 Å². The molecule has 0 bridgehead atoms. The Labute approximate surface area is 196 Å². The van der Waals surface area contributed by atoms with Crippen molar-refractivity contribution in [2.45, 2.75) is 19.9 Å². The number of H-pyrrole nitrogens is 1. The largest absolute Gasteiger partial charge is 0.290 e. The van der Waals surface area contributed by atoms with Gasteiger partial charge in [0.1, 0.15) is 0 Å². The number of fused-ring (bicyclic) bond motifs is 2. The van der Waals surface area contributed by atoms with Crippen LogP contribution < -0.4 is 16.4 Å². The van der Waals surface area contributed by atoms with E-state index in [4.69, 9.17) is 4.98 Å². The van der Waals surface area contributed by atoms with Gasteiger partial charge in [-0.05, 0) is 37.4 Å². The zero-order valence-corrected chi connectivity index (χ0v) is 19.0. The fourth-order valence-electron chi connectivity index (χ4n) is 3.66. The quantitative estimate of drug-likeness (QED) is 0.344. The minimum atomic E-state index is -0.664. The first-order valence-corrected chi connectivity index (χ1v) is 11.3. The number of hydrazine groups is 1. The van der Waals surface area contributed by atoms with Crippen molar-refractivity contribution in [1.29, 1.82) is 0 Å². The van der Waals surface area contributed by atoms with Gasteiger partial charge in [-0.1, -0.05) is 24.3 Å². The average Bonchev–Trinajstić information content (AvgIpc) is 3.52. The molecule has 10 nitrogen and oxygen atoms in total. The van der Waals surface area contributed by atoms with Gasteiger partial charge in [-0.25, -0.2) is 14.8 Å². The van der Waals surface area contributed by atoms with Gasteiger partial charge in [0.15, 0.2) is 11.3 Å². The molecular weight excluding hydrogens is 454 g/mol. The molecule has 0 atom stereocenters. The molecule has 0 radical (unpaired) electrons. The highest BCUT2D eigenvalue weighted by atomic mass is 32.1. The summed E-state index contributed by atoms with van der Waals surface area (Å²) in [6.07, 6.45) is 1.59. The van der Waals surface area contributed by atoms with E-state index in [0.29, 0.717) is 33.1 Å². The number of rotatable bonds is 4. The van der Waals surface area contributed by atoms with Gasteiger partial charge >= 0.3 is 0 Å². The van der Waals surface area contributed by atoms with Crippen LogP contribution >= 0.6 is 11.3 Å². The standard InChI is InChI=1S/C23H19N7O3S/c1-12(2)30-20-16(11-24-30)15(10-17(25-20)18-8-5-9-34-18)22(32)28-29-23(33)19-13-6-3-4-7-14(13)21(31)27-26-19/h3-12H,1-2H3,(H,27,31)(H,28,32)(H,29,33). The molecule has 4 aromatic heterocycles. The Bertz CT molecular complexity index is 1600. The Morgan fingerprint density at radius 1 is 1.03 bits per heavy atom. The van der Waals surface area contributed by atoms with Crippen LogP contribution in [0.5, 0.6) is 0 Å². The smallest absolute Gasteiger partial charge is 0.267 e. The zero-order chi connectivity index (χ0) is 23.8. The van der Waals surface area contributed by atoms with Crippen LogP contribution in [0.1, 0.15) is 40.7 Å². The third kappa shape index (κ3) is 3.71. The molecule has 1 aromatic carbocycles. The molecule has 3 N–H and O–H groups in total. The Morgan fingerprint density at radius 2 is 1.79 bits per heavy atom. The van der Waals surface area contributed by atoms with E-state index in [1.165, 1.54) is 11.3 Å². The van der Waals surface area contributed by atoms with Crippen LogP contribution in [0.4, 0.5) is 0 Å². The van der Waals surface area contributed by atoms with Gasteiger partial charge in [-0.2, -0.15) is 10.2 Å². The zero-order valence-electron chi connectivity index (χ0n) is 18.2. The van der Waals surface area contributed by atoms with E-state index in [1.54, 1.807) is 41.2 Å². The van der Waals surface area contributed by atoms with Gasteiger partial charge in [-0.3, -0.25) is 25.2 Å². The Kier molecular flexibility index (Phi) is 5.38. The topological polar surface area (TPSA) is 135 Å². The highest BCUT2D eigenvalue weighted by Crippen LogP contribution is 2.28. The fourth-order valence-corrected chi connectivity index (χ4v) is 4.35. The molecule has 0 aliphatic rings. The maximum atomic E-state index is 13.1.